The molecule has 0 unspecified atom stereocenters. The third kappa shape index (κ3) is 4.24. The van der Waals surface area contributed by atoms with Gasteiger partial charge in [0.15, 0.2) is 0 Å². The summed E-state index contributed by atoms with van der Waals surface area (Å²) < 4.78 is 53.6. The highest BCUT2D eigenvalue weighted by Gasteiger charge is 2.55. The van der Waals surface area contributed by atoms with Crippen LogP contribution in [0.25, 0.3) is 0 Å². The van der Waals surface area contributed by atoms with E-state index < -0.39 is 27.5 Å². The lowest BCUT2D eigenvalue weighted by Gasteiger charge is -2.37. The highest BCUT2D eigenvalue weighted by molar-refractivity contribution is 7.89. The molecule has 2 fully saturated rings. The molecular formula is C21H16ClFN4O5S. The van der Waals surface area contributed by atoms with E-state index in [2.05, 4.69) is 5.32 Å². The van der Waals surface area contributed by atoms with Gasteiger partial charge in [-0.1, -0.05) is 11.6 Å². The molecule has 0 aliphatic carbocycles. The monoisotopic (exact) mass is 490 g/mol. The molecule has 0 radical (unpaired) electrons. The van der Waals surface area contributed by atoms with Crippen LogP contribution in [-0.2, 0) is 19.6 Å². The van der Waals surface area contributed by atoms with Gasteiger partial charge in [0.25, 0.3) is 0 Å². The molecule has 0 saturated carbocycles. The largest absolute Gasteiger partial charge is 0.486 e. The van der Waals surface area contributed by atoms with Gasteiger partial charge in [0.1, 0.15) is 46.9 Å². The molecule has 2 aliphatic heterocycles. The fourth-order valence-corrected chi connectivity index (χ4v) is 5.58. The van der Waals surface area contributed by atoms with E-state index in [0.717, 1.165) is 10.4 Å². The van der Waals surface area contributed by atoms with E-state index in [4.69, 9.17) is 26.3 Å². The predicted octanol–water partition coefficient (Wildman–Crippen LogP) is 1.56. The SMILES string of the molecule is N#Cc1ccc(O[C@H]2CN(S(=O)(=O)c3ccc(Cl)cc3C#N)C[C@]23CNC(=O)CO3)cc1F. The molecule has 12 heteroatoms. The number of amides is 1. The summed E-state index contributed by atoms with van der Waals surface area (Å²) in [5.41, 5.74) is -1.53. The second-order valence-corrected chi connectivity index (χ2v) is 9.88. The summed E-state index contributed by atoms with van der Waals surface area (Å²) in [7, 11) is -4.17. The van der Waals surface area contributed by atoms with Crippen molar-refractivity contribution in [3.63, 3.8) is 0 Å². The minimum Gasteiger partial charge on any atom is -0.486 e. The van der Waals surface area contributed by atoms with Crippen molar-refractivity contribution in [2.45, 2.75) is 16.6 Å². The number of nitrogens with zero attached hydrogens (tertiary/aromatic N) is 3. The molecule has 1 spiro atoms. The zero-order chi connectivity index (χ0) is 23.8. The molecule has 170 valence electrons. The number of rotatable bonds is 4. The number of hydrogen-bond acceptors (Lipinski definition) is 7. The number of nitrogens with one attached hydrogen (secondary N) is 1. The number of ether oxygens (including phenoxy) is 2. The van der Waals surface area contributed by atoms with Crippen LogP contribution >= 0.6 is 11.6 Å². The van der Waals surface area contributed by atoms with E-state index in [1.807, 2.05) is 6.07 Å². The molecule has 2 aromatic carbocycles. The van der Waals surface area contributed by atoms with Gasteiger partial charge in [0.05, 0.1) is 24.2 Å². The zero-order valence-electron chi connectivity index (χ0n) is 16.9. The molecule has 2 saturated heterocycles. The van der Waals surface area contributed by atoms with Crippen molar-refractivity contribution < 1.29 is 27.1 Å². The zero-order valence-corrected chi connectivity index (χ0v) is 18.5. The van der Waals surface area contributed by atoms with Crippen molar-refractivity contribution in [2.75, 3.05) is 26.2 Å². The van der Waals surface area contributed by atoms with E-state index in [0.29, 0.717) is 0 Å². The minimum atomic E-state index is -4.17. The molecule has 9 nitrogen and oxygen atoms in total. The van der Waals surface area contributed by atoms with E-state index >= 15 is 0 Å². The first-order chi connectivity index (χ1) is 15.7. The Kier molecular flexibility index (Phi) is 5.99. The van der Waals surface area contributed by atoms with Crippen molar-refractivity contribution >= 4 is 27.5 Å². The van der Waals surface area contributed by atoms with Crippen LogP contribution < -0.4 is 10.1 Å². The van der Waals surface area contributed by atoms with Gasteiger partial charge in [0.2, 0.25) is 15.9 Å². The Balaban J connectivity index is 1.69. The molecule has 4 rings (SSSR count). The van der Waals surface area contributed by atoms with Gasteiger partial charge in [-0.3, -0.25) is 4.79 Å². The van der Waals surface area contributed by atoms with Crippen LogP contribution in [-0.4, -0.2) is 56.6 Å². The van der Waals surface area contributed by atoms with Gasteiger partial charge < -0.3 is 14.8 Å². The first-order valence-corrected chi connectivity index (χ1v) is 11.5. The number of benzene rings is 2. The summed E-state index contributed by atoms with van der Waals surface area (Å²) in [6.45, 7) is -0.702. The average Bonchev–Trinajstić information content (AvgIpc) is 3.14. The number of morpholine rings is 1. The Morgan fingerprint density at radius 2 is 1.97 bits per heavy atom. The summed E-state index contributed by atoms with van der Waals surface area (Å²) >= 11 is 5.89. The maximum absolute atomic E-state index is 14.1. The molecule has 2 atom stereocenters. The highest BCUT2D eigenvalue weighted by Crippen LogP contribution is 2.35. The van der Waals surface area contributed by atoms with Crippen LogP contribution in [0.5, 0.6) is 5.75 Å². The quantitative estimate of drug-likeness (QED) is 0.687. The first kappa shape index (κ1) is 23.0. The Morgan fingerprint density at radius 3 is 2.61 bits per heavy atom. The third-order valence-corrected chi connectivity index (χ3v) is 7.60. The lowest BCUT2D eigenvalue weighted by atomic mass is 9.98. The maximum Gasteiger partial charge on any atom is 0.246 e. The number of halogens is 2. The van der Waals surface area contributed by atoms with Crippen molar-refractivity contribution in [3.8, 4) is 17.9 Å². The lowest BCUT2D eigenvalue weighted by molar-refractivity contribution is -0.150. The summed E-state index contributed by atoms with van der Waals surface area (Å²) in [5.74, 6) is -1.08. The Labute approximate surface area is 193 Å². The molecule has 0 bridgehead atoms. The summed E-state index contributed by atoms with van der Waals surface area (Å²) in [6, 6.07) is 11.1. The van der Waals surface area contributed by atoms with Crippen LogP contribution in [0.2, 0.25) is 5.02 Å². The summed E-state index contributed by atoms with van der Waals surface area (Å²) in [4.78, 5) is 11.4. The first-order valence-electron chi connectivity index (χ1n) is 9.65. The molecule has 2 aromatic rings. The lowest BCUT2D eigenvalue weighted by Crippen LogP contribution is -2.60. The highest BCUT2D eigenvalue weighted by atomic mass is 35.5. The van der Waals surface area contributed by atoms with Gasteiger partial charge in [-0.15, -0.1) is 0 Å². The van der Waals surface area contributed by atoms with Crippen molar-refractivity contribution in [3.05, 3.63) is 58.4 Å². The molecular weight excluding hydrogens is 475 g/mol. The van der Waals surface area contributed by atoms with Crippen LogP contribution in [0.15, 0.2) is 41.3 Å². The average molecular weight is 491 g/mol. The van der Waals surface area contributed by atoms with Crippen molar-refractivity contribution in [2.24, 2.45) is 0 Å². The molecule has 1 amide bonds. The molecule has 0 aromatic heterocycles. The second-order valence-electron chi connectivity index (χ2n) is 7.54. The normalized spacial score (nSPS) is 23.0. The number of hydrogen-bond donors (Lipinski definition) is 1. The number of carbonyl (C=O) groups is 1. The Hall–Kier alpha value is -3.22. The number of sulfonamides is 1. The number of nitriles is 2. The Bertz CT molecular complexity index is 1310. The van der Waals surface area contributed by atoms with E-state index in [-0.39, 0.29) is 58.9 Å². The van der Waals surface area contributed by atoms with Crippen LogP contribution in [0.3, 0.4) is 0 Å². The smallest absolute Gasteiger partial charge is 0.246 e. The van der Waals surface area contributed by atoms with Crippen LogP contribution in [0.4, 0.5) is 4.39 Å². The topological polar surface area (TPSA) is 133 Å². The van der Waals surface area contributed by atoms with Crippen LogP contribution in [0.1, 0.15) is 11.1 Å². The van der Waals surface area contributed by atoms with Gasteiger partial charge in [-0.05, 0) is 30.3 Å². The Morgan fingerprint density at radius 1 is 1.21 bits per heavy atom. The van der Waals surface area contributed by atoms with Crippen molar-refractivity contribution in [1.29, 1.82) is 10.5 Å². The fourth-order valence-electron chi connectivity index (χ4n) is 3.79. The van der Waals surface area contributed by atoms with Gasteiger partial charge in [-0.2, -0.15) is 14.8 Å². The summed E-state index contributed by atoms with van der Waals surface area (Å²) in [6.07, 6.45) is -0.918. The third-order valence-electron chi connectivity index (χ3n) is 5.49. The summed E-state index contributed by atoms with van der Waals surface area (Å²) in [5, 5.41) is 21.2. The molecule has 33 heavy (non-hydrogen) atoms. The second kappa shape index (κ2) is 8.61. The van der Waals surface area contributed by atoms with E-state index in [1.165, 1.54) is 30.3 Å². The minimum absolute atomic E-state index is 0.0347. The molecule has 1 N–H and O–H groups in total. The van der Waals surface area contributed by atoms with Gasteiger partial charge >= 0.3 is 0 Å². The van der Waals surface area contributed by atoms with Gasteiger partial charge in [-0.25, -0.2) is 12.8 Å². The molecule has 2 heterocycles. The predicted molar refractivity (Wildman–Crippen MR) is 112 cm³/mol. The standard InChI is InChI=1S/C21H16ClFN4O5S/c22-15-2-4-18(14(5-15)8-25)33(29,30)27-9-19(21(12-27)11-26-20(28)10-31-21)32-16-3-1-13(7-24)17(23)6-16/h1-6,19H,9-12H2,(H,26,28)/t19-,21+/m0/s1. The van der Waals surface area contributed by atoms with Crippen LogP contribution in [0, 0.1) is 28.5 Å². The molecule has 2 aliphatic rings. The number of carbonyl (C=O) groups excluding carboxylic acids is 1. The maximum atomic E-state index is 14.1. The van der Waals surface area contributed by atoms with E-state index in [9.17, 15) is 22.9 Å². The van der Waals surface area contributed by atoms with E-state index in [1.54, 1.807) is 6.07 Å². The fraction of sp³-hybridized carbons (Fsp3) is 0.286. The van der Waals surface area contributed by atoms with Crippen molar-refractivity contribution in [1.82, 2.24) is 9.62 Å². The van der Waals surface area contributed by atoms with Gasteiger partial charge in [0, 0.05) is 17.6 Å².